The predicted octanol–water partition coefficient (Wildman–Crippen LogP) is 2.45. The van der Waals surface area contributed by atoms with Crippen molar-refractivity contribution in [3.05, 3.63) is 47.5 Å². The van der Waals surface area contributed by atoms with Crippen LogP contribution in [-0.4, -0.2) is 20.6 Å². The van der Waals surface area contributed by atoms with Gasteiger partial charge in [0.15, 0.2) is 0 Å². The third kappa shape index (κ3) is 8.18. The van der Waals surface area contributed by atoms with Gasteiger partial charge in [0, 0.05) is 18.1 Å². The molecule has 0 atom stereocenters. The van der Waals surface area contributed by atoms with Gasteiger partial charge in [0.1, 0.15) is 0 Å². The second-order valence-corrected chi connectivity index (χ2v) is 3.44. The zero-order valence-corrected chi connectivity index (χ0v) is 10.1. The molecule has 0 spiro atoms. The topological polar surface area (TPSA) is 24.1 Å². The van der Waals surface area contributed by atoms with Gasteiger partial charge in [0.2, 0.25) is 0 Å². The van der Waals surface area contributed by atoms with E-state index >= 15 is 0 Å². The van der Waals surface area contributed by atoms with E-state index in [1.807, 2.05) is 44.4 Å². The summed E-state index contributed by atoms with van der Waals surface area (Å²) < 4.78 is 0. The van der Waals surface area contributed by atoms with Crippen LogP contribution in [0.15, 0.2) is 36.9 Å². The molecule has 84 valence electrons. The van der Waals surface area contributed by atoms with E-state index in [1.165, 1.54) is 5.56 Å². The van der Waals surface area contributed by atoms with Crippen molar-refractivity contribution in [2.24, 2.45) is 0 Å². The first kappa shape index (κ1) is 14.2. The molecule has 0 aliphatic heterocycles. The van der Waals surface area contributed by atoms with E-state index in [0.717, 1.165) is 18.1 Å². The van der Waals surface area contributed by atoms with Gasteiger partial charge in [-0.25, -0.2) is 0 Å². The average molecular weight is 227 g/mol. The molecule has 0 saturated heterocycles. The van der Waals surface area contributed by atoms with E-state index in [9.17, 15) is 0 Å². The highest BCUT2D eigenvalue weighted by Crippen LogP contribution is 2.08. The summed E-state index contributed by atoms with van der Waals surface area (Å²) in [5, 5.41) is 6.75. The zero-order valence-electron chi connectivity index (χ0n) is 9.39. The van der Waals surface area contributed by atoms with Crippen LogP contribution < -0.4 is 10.6 Å². The summed E-state index contributed by atoms with van der Waals surface area (Å²) in [6, 6.07) is 7.82. The molecule has 15 heavy (non-hydrogen) atoms. The highest BCUT2D eigenvalue weighted by Gasteiger charge is 1.88. The van der Waals surface area contributed by atoms with E-state index in [0.29, 0.717) is 0 Å². The predicted molar refractivity (Wildman–Crippen MR) is 68.3 cm³/mol. The number of benzene rings is 1. The Balaban J connectivity index is 0.000000336. The van der Waals surface area contributed by atoms with Crippen molar-refractivity contribution in [3.63, 3.8) is 0 Å². The molecule has 3 heteroatoms. The first-order valence-corrected chi connectivity index (χ1v) is 5.27. The molecule has 0 aliphatic rings. The smallest absolute Gasteiger partial charge is 0.0406 e. The Morgan fingerprint density at radius 3 is 2.13 bits per heavy atom. The maximum absolute atomic E-state index is 5.69. The van der Waals surface area contributed by atoms with Crippen LogP contribution in [0.5, 0.6) is 0 Å². The van der Waals surface area contributed by atoms with Crippen LogP contribution in [0.25, 0.3) is 0 Å². The Morgan fingerprint density at radius 1 is 1.20 bits per heavy atom. The van der Waals surface area contributed by atoms with E-state index in [-0.39, 0.29) is 0 Å². The highest BCUT2D eigenvalue weighted by molar-refractivity contribution is 6.30. The van der Waals surface area contributed by atoms with Gasteiger partial charge < -0.3 is 10.6 Å². The molecule has 0 heterocycles. The maximum atomic E-state index is 5.69. The van der Waals surface area contributed by atoms with Crippen molar-refractivity contribution in [1.82, 2.24) is 10.6 Å². The summed E-state index contributed by atoms with van der Waals surface area (Å²) in [7, 11) is 3.82. The van der Waals surface area contributed by atoms with Crippen molar-refractivity contribution in [3.8, 4) is 0 Å². The first-order chi connectivity index (χ1) is 7.24. The van der Waals surface area contributed by atoms with Gasteiger partial charge in [0.25, 0.3) is 0 Å². The monoisotopic (exact) mass is 226 g/mol. The number of nitrogens with one attached hydrogen (secondary N) is 2. The van der Waals surface area contributed by atoms with Crippen LogP contribution in [0.1, 0.15) is 5.56 Å². The normalized spacial score (nSPS) is 9.00. The van der Waals surface area contributed by atoms with Crippen molar-refractivity contribution >= 4 is 11.6 Å². The molecule has 0 amide bonds. The Morgan fingerprint density at radius 2 is 1.80 bits per heavy atom. The molecule has 1 rings (SSSR count). The molecule has 2 nitrogen and oxygen atoms in total. The highest BCUT2D eigenvalue weighted by atomic mass is 35.5. The third-order valence-electron chi connectivity index (χ3n) is 1.64. The fourth-order valence-electron chi connectivity index (χ4n) is 0.951. The van der Waals surface area contributed by atoms with E-state index in [1.54, 1.807) is 0 Å². The SMILES string of the molecule is C=CCNC.CNCc1ccc(Cl)cc1. The Hall–Kier alpha value is -0.830. The Bertz CT molecular complexity index is 257. The fourth-order valence-corrected chi connectivity index (χ4v) is 1.08. The van der Waals surface area contributed by atoms with Crippen LogP contribution in [-0.2, 0) is 6.54 Å². The summed E-state index contributed by atoms with van der Waals surface area (Å²) in [5.41, 5.74) is 1.26. The number of rotatable bonds is 4. The summed E-state index contributed by atoms with van der Waals surface area (Å²) in [6.45, 7) is 5.29. The van der Waals surface area contributed by atoms with Crippen molar-refractivity contribution in [2.75, 3.05) is 20.6 Å². The summed E-state index contributed by atoms with van der Waals surface area (Å²) >= 11 is 5.69. The number of halogens is 1. The van der Waals surface area contributed by atoms with Gasteiger partial charge in [-0.05, 0) is 31.8 Å². The first-order valence-electron chi connectivity index (χ1n) is 4.89. The zero-order chi connectivity index (χ0) is 11.5. The van der Waals surface area contributed by atoms with Crippen LogP contribution in [0.2, 0.25) is 5.02 Å². The van der Waals surface area contributed by atoms with Gasteiger partial charge in [-0.1, -0.05) is 29.8 Å². The second kappa shape index (κ2) is 9.71. The van der Waals surface area contributed by atoms with Crippen LogP contribution in [0.3, 0.4) is 0 Å². The van der Waals surface area contributed by atoms with E-state index in [2.05, 4.69) is 17.2 Å². The lowest BCUT2D eigenvalue weighted by atomic mass is 10.2. The molecule has 0 unspecified atom stereocenters. The fraction of sp³-hybridized carbons (Fsp3) is 0.333. The largest absolute Gasteiger partial charge is 0.316 e. The minimum atomic E-state index is 0.792. The Labute approximate surface area is 97.3 Å². The minimum absolute atomic E-state index is 0.792. The lowest BCUT2D eigenvalue weighted by Gasteiger charge is -1.97. The van der Waals surface area contributed by atoms with Crippen molar-refractivity contribution in [2.45, 2.75) is 6.54 Å². The molecular formula is C12H19ClN2. The minimum Gasteiger partial charge on any atom is -0.316 e. The molecule has 0 fully saturated rings. The average Bonchev–Trinajstić information content (AvgIpc) is 2.24. The van der Waals surface area contributed by atoms with Crippen molar-refractivity contribution < 1.29 is 0 Å². The summed E-state index contributed by atoms with van der Waals surface area (Å²) in [6.07, 6.45) is 1.82. The molecule has 0 radical (unpaired) electrons. The molecular weight excluding hydrogens is 208 g/mol. The summed E-state index contributed by atoms with van der Waals surface area (Å²) in [4.78, 5) is 0. The molecule has 0 bridgehead atoms. The molecule has 0 aliphatic carbocycles. The van der Waals surface area contributed by atoms with E-state index in [4.69, 9.17) is 11.6 Å². The number of likely N-dealkylation sites (N-methyl/N-ethyl adjacent to an activating group) is 1. The lowest BCUT2D eigenvalue weighted by molar-refractivity contribution is 0.818. The second-order valence-electron chi connectivity index (χ2n) is 3.00. The third-order valence-corrected chi connectivity index (χ3v) is 1.89. The quantitative estimate of drug-likeness (QED) is 0.771. The molecule has 1 aromatic rings. The maximum Gasteiger partial charge on any atom is 0.0406 e. The van der Waals surface area contributed by atoms with Gasteiger partial charge in [0.05, 0.1) is 0 Å². The summed E-state index contributed by atoms with van der Waals surface area (Å²) in [5.74, 6) is 0. The lowest BCUT2D eigenvalue weighted by Crippen LogP contribution is -2.04. The Kier molecular flexibility index (Phi) is 9.18. The van der Waals surface area contributed by atoms with Gasteiger partial charge in [-0.15, -0.1) is 6.58 Å². The molecule has 1 aromatic carbocycles. The van der Waals surface area contributed by atoms with Gasteiger partial charge >= 0.3 is 0 Å². The van der Waals surface area contributed by atoms with Crippen LogP contribution in [0, 0.1) is 0 Å². The molecule has 0 saturated carbocycles. The molecule has 2 N–H and O–H groups in total. The van der Waals surface area contributed by atoms with Gasteiger partial charge in [-0.2, -0.15) is 0 Å². The molecule has 0 aromatic heterocycles. The number of hydrogen-bond acceptors (Lipinski definition) is 2. The van der Waals surface area contributed by atoms with Crippen LogP contribution >= 0.6 is 11.6 Å². The number of hydrogen-bond donors (Lipinski definition) is 2. The van der Waals surface area contributed by atoms with Gasteiger partial charge in [-0.3, -0.25) is 0 Å². The van der Waals surface area contributed by atoms with Crippen LogP contribution in [0.4, 0.5) is 0 Å². The van der Waals surface area contributed by atoms with Crippen molar-refractivity contribution in [1.29, 1.82) is 0 Å². The van der Waals surface area contributed by atoms with E-state index < -0.39 is 0 Å². The standard InChI is InChI=1S/C8H10ClN.C4H9N/c1-10-6-7-2-4-8(9)5-3-7;1-3-4-5-2/h2-5,10H,6H2,1H3;3,5H,1,4H2,2H3.